The van der Waals surface area contributed by atoms with Crippen LogP contribution in [0.5, 0.6) is 5.75 Å². The molecule has 0 N–H and O–H groups in total. The zero-order chi connectivity index (χ0) is 23.3. The second-order valence-corrected chi connectivity index (χ2v) is 8.16. The first kappa shape index (κ1) is 26.0. The first-order chi connectivity index (χ1) is 15.4. The molecule has 0 aromatic heterocycles. The van der Waals surface area contributed by atoms with Crippen LogP contribution in [-0.2, 0) is 19.3 Å². The second-order valence-electron chi connectivity index (χ2n) is 8.16. The Bertz CT molecular complexity index is 872. The first-order valence-corrected chi connectivity index (χ1v) is 11.6. The van der Waals surface area contributed by atoms with Crippen LogP contribution in [0.1, 0.15) is 75.5 Å². The van der Waals surface area contributed by atoms with Crippen molar-refractivity contribution in [3.05, 3.63) is 76.4 Å². The van der Waals surface area contributed by atoms with E-state index in [-0.39, 0.29) is 36.0 Å². The lowest BCUT2D eigenvalue weighted by Gasteiger charge is -2.10. The molecule has 0 amide bonds. The van der Waals surface area contributed by atoms with E-state index in [1.165, 1.54) is 25.1 Å². The van der Waals surface area contributed by atoms with Crippen molar-refractivity contribution in [2.75, 3.05) is 6.61 Å². The van der Waals surface area contributed by atoms with Gasteiger partial charge in [0.2, 0.25) is 5.82 Å². The number of hydrogen-bond acceptors (Lipinski definition) is 1. The topological polar surface area (TPSA) is 9.23 Å². The number of aryl methyl sites for hydroxylation is 3. The van der Waals surface area contributed by atoms with Crippen LogP contribution in [0.2, 0.25) is 0 Å². The fourth-order valence-electron chi connectivity index (χ4n) is 3.73. The molecule has 0 heterocycles. The van der Waals surface area contributed by atoms with E-state index in [2.05, 4.69) is 0 Å². The molecule has 0 aliphatic carbocycles. The molecule has 0 aliphatic heterocycles. The molecule has 0 saturated heterocycles. The Kier molecular flexibility index (Phi) is 11.3. The van der Waals surface area contributed by atoms with Crippen molar-refractivity contribution in [3.63, 3.8) is 0 Å². The number of ether oxygens (including phenoxy) is 1. The lowest BCUT2D eigenvalue weighted by molar-refractivity contribution is 0.313. The summed E-state index contributed by atoms with van der Waals surface area (Å²) in [6.07, 6.45) is 10.1. The van der Waals surface area contributed by atoms with Gasteiger partial charge in [0.25, 0.3) is 0 Å². The van der Waals surface area contributed by atoms with E-state index in [1.807, 2.05) is 6.07 Å². The molecule has 2 aromatic carbocycles. The molecule has 5 heteroatoms. The highest BCUT2D eigenvalue weighted by molar-refractivity contribution is 5.32. The lowest BCUT2D eigenvalue weighted by Crippen LogP contribution is -2.02. The van der Waals surface area contributed by atoms with Crippen molar-refractivity contribution in [2.24, 2.45) is 0 Å². The van der Waals surface area contributed by atoms with Gasteiger partial charge in [-0.25, -0.2) is 13.2 Å². The number of benzene rings is 2. The SMILES string of the molecule is CCOc1ccc(CCc2ccc(CCCCCCCCC=C(C)F)c(F)c2)c(F)c1F. The number of hydrogen-bond donors (Lipinski definition) is 0. The zero-order valence-corrected chi connectivity index (χ0v) is 19.2. The molecule has 176 valence electrons. The van der Waals surface area contributed by atoms with Gasteiger partial charge in [0.15, 0.2) is 11.6 Å². The van der Waals surface area contributed by atoms with Crippen LogP contribution in [0.25, 0.3) is 0 Å². The van der Waals surface area contributed by atoms with Crippen LogP contribution in [0, 0.1) is 17.5 Å². The summed E-state index contributed by atoms with van der Waals surface area (Å²) in [5.74, 6) is -2.32. The van der Waals surface area contributed by atoms with Gasteiger partial charge in [-0.2, -0.15) is 4.39 Å². The van der Waals surface area contributed by atoms with Gasteiger partial charge in [-0.05, 0) is 81.2 Å². The van der Waals surface area contributed by atoms with E-state index in [1.54, 1.807) is 19.1 Å². The van der Waals surface area contributed by atoms with E-state index < -0.39 is 11.6 Å². The Labute approximate surface area is 189 Å². The monoisotopic (exact) mass is 450 g/mol. The van der Waals surface area contributed by atoms with Crippen molar-refractivity contribution in [1.29, 1.82) is 0 Å². The fraction of sp³-hybridized carbons (Fsp3) is 0.481. The Morgan fingerprint density at radius 2 is 1.50 bits per heavy atom. The minimum atomic E-state index is -0.974. The third kappa shape index (κ3) is 8.68. The normalized spacial score (nSPS) is 11.8. The number of rotatable bonds is 14. The van der Waals surface area contributed by atoms with Crippen molar-refractivity contribution in [3.8, 4) is 5.75 Å². The van der Waals surface area contributed by atoms with Crippen LogP contribution in [0.15, 0.2) is 42.2 Å². The van der Waals surface area contributed by atoms with Crippen LogP contribution in [0.3, 0.4) is 0 Å². The zero-order valence-electron chi connectivity index (χ0n) is 19.2. The van der Waals surface area contributed by atoms with Crippen LogP contribution >= 0.6 is 0 Å². The Balaban J connectivity index is 1.74. The quantitative estimate of drug-likeness (QED) is 0.207. The molecular weight excluding hydrogens is 416 g/mol. The summed E-state index contributed by atoms with van der Waals surface area (Å²) in [6.45, 7) is 3.44. The summed E-state index contributed by atoms with van der Waals surface area (Å²) in [6, 6.07) is 8.11. The highest BCUT2D eigenvalue weighted by Gasteiger charge is 2.14. The van der Waals surface area contributed by atoms with Crippen molar-refractivity contribution >= 4 is 0 Å². The number of allylic oxidation sites excluding steroid dienone is 2. The van der Waals surface area contributed by atoms with Gasteiger partial charge in [-0.3, -0.25) is 0 Å². The Hall–Kier alpha value is -2.30. The van der Waals surface area contributed by atoms with Gasteiger partial charge in [-0.1, -0.05) is 50.0 Å². The van der Waals surface area contributed by atoms with Crippen molar-refractivity contribution < 1.29 is 22.3 Å². The molecule has 0 radical (unpaired) electrons. The summed E-state index contributed by atoms with van der Waals surface area (Å²) in [4.78, 5) is 0. The molecule has 32 heavy (non-hydrogen) atoms. The third-order valence-electron chi connectivity index (χ3n) is 5.55. The van der Waals surface area contributed by atoms with Gasteiger partial charge in [0.1, 0.15) is 5.82 Å². The molecule has 2 aromatic rings. The molecule has 0 atom stereocenters. The average molecular weight is 451 g/mol. The highest BCUT2D eigenvalue weighted by Crippen LogP contribution is 2.24. The highest BCUT2D eigenvalue weighted by atomic mass is 19.2. The van der Waals surface area contributed by atoms with E-state index in [0.717, 1.165) is 50.5 Å². The Morgan fingerprint density at radius 3 is 2.19 bits per heavy atom. The molecular formula is C27H34F4O. The minimum Gasteiger partial charge on any atom is -0.491 e. The van der Waals surface area contributed by atoms with E-state index in [0.29, 0.717) is 18.4 Å². The largest absolute Gasteiger partial charge is 0.491 e. The summed E-state index contributed by atoms with van der Waals surface area (Å²) in [5, 5.41) is 0. The first-order valence-electron chi connectivity index (χ1n) is 11.6. The van der Waals surface area contributed by atoms with Gasteiger partial charge >= 0.3 is 0 Å². The van der Waals surface area contributed by atoms with Crippen molar-refractivity contribution in [2.45, 2.75) is 78.1 Å². The van der Waals surface area contributed by atoms with Gasteiger partial charge < -0.3 is 4.74 Å². The summed E-state index contributed by atoms with van der Waals surface area (Å²) in [7, 11) is 0. The molecule has 0 aliphatic rings. The predicted octanol–water partition coefficient (Wildman–Crippen LogP) is 8.43. The van der Waals surface area contributed by atoms with Crippen LogP contribution < -0.4 is 4.74 Å². The van der Waals surface area contributed by atoms with Gasteiger partial charge in [0, 0.05) is 0 Å². The molecule has 0 spiro atoms. The summed E-state index contributed by atoms with van der Waals surface area (Å²) >= 11 is 0. The smallest absolute Gasteiger partial charge is 0.200 e. The summed E-state index contributed by atoms with van der Waals surface area (Å²) in [5.41, 5.74) is 1.71. The predicted molar refractivity (Wildman–Crippen MR) is 122 cm³/mol. The maximum absolute atomic E-state index is 14.5. The van der Waals surface area contributed by atoms with Crippen LogP contribution in [-0.4, -0.2) is 6.61 Å². The molecule has 0 fully saturated rings. The number of halogens is 4. The third-order valence-corrected chi connectivity index (χ3v) is 5.55. The molecule has 0 bridgehead atoms. The maximum atomic E-state index is 14.5. The number of unbranched alkanes of at least 4 members (excludes halogenated alkanes) is 6. The molecule has 0 unspecified atom stereocenters. The minimum absolute atomic E-state index is 0.0896. The molecule has 0 saturated carbocycles. The lowest BCUT2D eigenvalue weighted by atomic mass is 9.99. The van der Waals surface area contributed by atoms with E-state index >= 15 is 0 Å². The molecule has 1 nitrogen and oxygen atoms in total. The Morgan fingerprint density at radius 1 is 0.812 bits per heavy atom. The molecule has 2 rings (SSSR count). The van der Waals surface area contributed by atoms with E-state index in [4.69, 9.17) is 4.74 Å². The average Bonchev–Trinajstić information content (AvgIpc) is 2.76. The van der Waals surface area contributed by atoms with Crippen LogP contribution in [0.4, 0.5) is 17.6 Å². The second kappa shape index (κ2) is 14.0. The van der Waals surface area contributed by atoms with Crippen molar-refractivity contribution in [1.82, 2.24) is 0 Å². The maximum Gasteiger partial charge on any atom is 0.200 e. The standard InChI is InChI=1S/C27H34F4O/c1-3-32-25-18-17-23(26(30)27(25)31)16-14-21-13-15-22(24(29)19-21)12-10-8-6-4-5-7-9-11-20(2)28/h11,13,15,17-19H,3-10,12,14,16H2,1-2H3. The fourth-order valence-corrected chi connectivity index (χ4v) is 3.73. The van der Waals surface area contributed by atoms with Gasteiger partial charge in [0.05, 0.1) is 12.4 Å². The van der Waals surface area contributed by atoms with E-state index in [9.17, 15) is 17.6 Å². The summed E-state index contributed by atoms with van der Waals surface area (Å²) < 4.78 is 60.3. The van der Waals surface area contributed by atoms with Gasteiger partial charge in [-0.15, -0.1) is 0 Å².